The molecular formula is C23H27N3OS. The molecule has 0 aliphatic rings. The molecule has 0 aromatic heterocycles. The van der Waals surface area contributed by atoms with Crippen LogP contribution in [0.4, 0.5) is 5.69 Å². The van der Waals surface area contributed by atoms with Crippen LogP contribution in [0.25, 0.3) is 0 Å². The molecule has 2 aromatic rings. The van der Waals surface area contributed by atoms with Gasteiger partial charge in [-0.2, -0.15) is 5.26 Å². The SMILES string of the molecule is CCN(C)C=Nc1cc(C)c(C(=O)C(C)(C#N)Sc2cccc(C)c2)cc1C. The Kier molecular flexibility index (Phi) is 7.04. The van der Waals surface area contributed by atoms with Crippen molar-refractivity contribution in [1.29, 1.82) is 5.26 Å². The first-order valence-electron chi connectivity index (χ1n) is 9.27. The lowest BCUT2D eigenvalue weighted by atomic mass is 9.94. The number of nitrogens with zero attached hydrogens (tertiary/aromatic N) is 3. The number of benzene rings is 2. The summed E-state index contributed by atoms with van der Waals surface area (Å²) in [6.45, 7) is 10.4. The monoisotopic (exact) mass is 393 g/mol. The minimum absolute atomic E-state index is 0.177. The smallest absolute Gasteiger partial charge is 0.193 e. The zero-order valence-electron chi connectivity index (χ0n) is 17.4. The highest BCUT2D eigenvalue weighted by Gasteiger charge is 2.36. The lowest BCUT2D eigenvalue weighted by Crippen LogP contribution is -2.30. The molecule has 4 nitrogen and oxygen atoms in total. The molecule has 0 N–H and O–H groups in total. The molecule has 0 bridgehead atoms. The summed E-state index contributed by atoms with van der Waals surface area (Å²) in [5, 5.41) is 9.81. The molecule has 28 heavy (non-hydrogen) atoms. The molecule has 5 heteroatoms. The van der Waals surface area contributed by atoms with Crippen molar-refractivity contribution >= 4 is 29.6 Å². The Hall–Kier alpha value is -2.58. The molecule has 0 radical (unpaired) electrons. The number of aliphatic imine (C=N–C) groups is 1. The number of aryl methyl sites for hydroxylation is 3. The van der Waals surface area contributed by atoms with Crippen molar-refractivity contribution in [2.24, 2.45) is 4.99 Å². The summed E-state index contributed by atoms with van der Waals surface area (Å²) >= 11 is 1.30. The molecule has 2 aromatic carbocycles. The maximum absolute atomic E-state index is 13.3. The van der Waals surface area contributed by atoms with Crippen LogP contribution < -0.4 is 0 Å². The van der Waals surface area contributed by atoms with E-state index < -0.39 is 4.75 Å². The number of rotatable bonds is 7. The third-order valence-electron chi connectivity index (χ3n) is 4.64. The summed E-state index contributed by atoms with van der Waals surface area (Å²) < 4.78 is -1.20. The van der Waals surface area contributed by atoms with Crippen LogP contribution in [-0.2, 0) is 0 Å². The lowest BCUT2D eigenvalue weighted by molar-refractivity contribution is 0.0971. The van der Waals surface area contributed by atoms with Gasteiger partial charge >= 0.3 is 0 Å². The zero-order chi connectivity index (χ0) is 20.9. The first kappa shape index (κ1) is 21.7. The van der Waals surface area contributed by atoms with Crippen molar-refractivity contribution in [2.45, 2.75) is 44.3 Å². The van der Waals surface area contributed by atoms with E-state index in [0.717, 1.165) is 33.8 Å². The van der Waals surface area contributed by atoms with Crippen molar-refractivity contribution in [2.75, 3.05) is 13.6 Å². The second kappa shape index (κ2) is 9.07. The van der Waals surface area contributed by atoms with E-state index in [-0.39, 0.29) is 5.78 Å². The summed E-state index contributed by atoms with van der Waals surface area (Å²) in [6.07, 6.45) is 1.79. The molecule has 0 fully saturated rings. The normalized spacial score (nSPS) is 13.2. The molecule has 0 saturated carbocycles. The van der Waals surface area contributed by atoms with E-state index >= 15 is 0 Å². The highest BCUT2D eigenvalue weighted by molar-refractivity contribution is 8.01. The van der Waals surface area contributed by atoms with Crippen molar-refractivity contribution in [3.8, 4) is 6.07 Å². The van der Waals surface area contributed by atoms with Gasteiger partial charge in [-0.05, 0) is 70.0 Å². The quantitative estimate of drug-likeness (QED) is 0.270. The van der Waals surface area contributed by atoms with Gasteiger partial charge in [-0.1, -0.05) is 29.5 Å². The van der Waals surface area contributed by atoms with Crippen LogP contribution >= 0.6 is 11.8 Å². The third kappa shape index (κ3) is 5.02. The largest absolute Gasteiger partial charge is 0.366 e. The van der Waals surface area contributed by atoms with Gasteiger partial charge in [0, 0.05) is 24.1 Å². The molecular weight excluding hydrogens is 366 g/mol. The van der Waals surface area contributed by atoms with E-state index in [9.17, 15) is 10.1 Å². The van der Waals surface area contributed by atoms with E-state index in [1.165, 1.54) is 11.8 Å². The zero-order valence-corrected chi connectivity index (χ0v) is 18.2. The number of carbonyl (C=O) groups excluding carboxylic acids is 1. The second-order valence-electron chi connectivity index (χ2n) is 7.16. The average molecular weight is 394 g/mol. The third-order valence-corrected chi connectivity index (χ3v) is 5.81. The average Bonchev–Trinajstić information content (AvgIpc) is 2.67. The van der Waals surface area contributed by atoms with Crippen LogP contribution in [0, 0.1) is 32.1 Å². The number of hydrogen-bond acceptors (Lipinski definition) is 4. The van der Waals surface area contributed by atoms with Gasteiger partial charge in [0.05, 0.1) is 18.1 Å². The summed E-state index contributed by atoms with van der Waals surface area (Å²) in [7, 11) is 1.96. The van der Waals surface area contributed by atoms with Crippen LogP contribution in [0.15, 0.2) is 46.3 Å². The van der Waals surface area contributed by atoms with Crippen molar-refractivity contribution in [3.63, 3.8) is 0 Å². The van der Waals surface area contributed by atoms with Gasteiger partial charge in [0.15, 0.2) is 10.5 Å². The van der Waals surface area contributed by atoms with Crippen LogP contribution in [0.1, 0.15) is 40.9 Å². The molecule has 1 atom stereocenters. The molecule has 0 spiro atoms. The molecule has 0 heterocycles. The molecule has 1 unspecified atom stereocenters. The maximum atomic E-state index is 13.3. The molecule has 146 valence electrons. The maximum Gasteiger partial charge on any atom is 0.193 e. The Labute approximate surface area is 172 Å². The summed E-state index contributed by atoms with van der Waals surface area (Å²) in [5.74, 6) is -0.177. The fraction of sp³-hybridized carbons (Fsp3) is 0.348. The predicted molar refractivity (Wildman–Crippen MR) is 118 cm³/mol. The van der Waals surface area contributed by atoms with Gasteiger partial charge in [-0.25, -0.2) is 4.99 Å². The standard InChI is InChI=1S/C23H27N3OS/c1-7-26(6)15-25-21-13-17(3)20(12-18(21)4)22(27)23(5,14-24)28-19-10-8-9-16(2)11-19/h8-13,15H,7H2,1-6H3. The summed E-state index contributed by atoms with van der Waals surface area (Å²) in [6, 6.07) is 13.9. The first-order chi connectivity index (χ1) is 13.2. The van der Waals surface area contributed by atoms with E-state index in [0.29, 0.717) is 5.56 Å². The number of nitriles is 1. The van der Waals surface area contributed by atoms with Crippen molar-refractivity contribution < 1.29 is 4.79 Å². The van der Waals surface area contributed by atoms with Crippen molar-refractivity contribution in [1.82, 2.24) is 4.90 Å². The molecule has 0 amide bonds. The fourth-order valence-corrected chi connectivity index (χ4v) is 3.83. The van der Waals surface area contributed by atoms with Gasteiger partial charge in [-0.3, -0.25) is 4.79 Å². The van der Waals surface area contributed by atoms with Crippen LogP contribution in [0.5, 0.6) is 0 Å². The topological polar surface area (TPSA) is 56.5 Å². The predicted octanol–water partition coefficient (Wildman–Crippen LogP) is 5.48. The minimum atomic E-state index is -1.20. The summed E-state index contributed by atoms with van der Waals surface area (Å²) in [5.41, 5.74) is 4.25. The van der Waals surface area contributed by atoms with Gasteiger partial charge in [-0.15, -0.1) is 0 Å². The first-order valence-corrected chi connectivity index (χ1v) is 10.1. The van der Waals surface area contributed by atoms with Crippen molar-refractivity contribution in [3.05, 3.63) is 58.7 Å². The van der Waals surface area contributed by atoms with Crippen LogP contribution in [-0.4, -0.2) is 35.4 Å². The highest BCUT2D eigenvalue weighted by atomic mass is 32.2. The Morgan fingerprint density at radius 3 is 2.57 bits per heavy atom. The Morgan fingerprint density at radius 1 is 1.25 bits per heavy atom. The van der Waals surface area contributed by atoms with Crippen LogP contribution in [0.2, 0.25) is 0 Å². The van der Waals surface area contributed by atoms with Gasteiger partial charge in [0.25, 0.3) is 0 Å². The molecule has 0 aliphatic carbocycles. The Morgan fingerprint density at radius 2 is 1.96 bits per heavy atom. The number of hydrogen-bond donors (Lipinski definition) is 0. The highest BCUT2D eigenvalue weighted by Crippen LogP contribution is 2.37. The van der Waals surface area contributed by atoms with E-state index in [4.69, 9.17) is 0 Å². The minimum Gasteiger partial charge on any atom is -0.366 e. The lowest BCUT2D eigenvalue weighted by Gasteiger charge is -2.21. The molecule has 2 rings (SSSR count). The summed E-state index contributed by atoms with van der Waals surface area (Å²) in [4.78, 5) is 20.7. The Bertz CT molecular complexity index is 945. The second-order valence-corrected chi connectivity index (χ2v) is 8.66. The fourth-order valence-electron chi connectivity index (χ4n) is 2.72. The Balaban J connectivity index is 2.37. The van der Waals surface area contributed by atoms with E-state index in [2.05, 4.69) is 18.0 Å². The van der Waals surface area contributed by atoms with Crippen LogP contribution in [0.3, 0.4) is 0 Å². The van der Waals surface area contributed by atoms with Gasteiger partial charge in [0.1, 0.15) is 0 Å². The van der Waals surface area contributed by atoms with E-state index in [1.54, 1.807) is 13.3 Å². The van der Waals surface area contributed by atoms with E-state index in [1.807, 2.05) is 69.1 Å². The number of ketones is 1. The number of carbonyl (C=O) groups is 1. The number of thioether (sulfide) groups is 1. The van der Waals surface area contributed by atoms with Gasteiger partial charge in [0.2, 0.25) is 0 Å². The molecule has 0 saturated heterocycles. The van der Waals surface area contributed by atoms with Gasteiger partial charge < -0.3 is 4.90 Å². The molecule has 0 aliphatic heterocycles. The number of Topliss-reactive ketones (excluding diaryl/α,β-unsaturated/α-hetero) is 1.